The van der Waals surface area contributed by atoms with Crippen molar-refractivity contribution in [2.24, 2.45) is 0 Å². The van der Waals surface area contributed by atoms with E-state index in [0.29, 0.717) is 11.8 Å². The minimum absolute atomic E-state index is 0.104. The second-order valence-electron chi connectivity index (χ2n) is 10.1. The average Bonchev–Trinajstić information content (AvgIpc) is 3.57. The Labute approximate surface area is 226 Å². The van der Waals surface area contributed by atoms with Crippen molar-refractivity contribution < 1.29 is 14.3 Å². The lowest BCUT2D eigenvalue weighted by Crippen LogP contribution is -2.46. The van der Waals surface area contributed by atoms with Crippen molar-refractivity contribution in [3.8, 4) is 11.5 Å². The van der Waals surface area contributed by atoms with Crippen LogP contribution in [-0.4, -0.2) is 63.3 Å². The van der Waals surface area contributed by atoms with E-state index in [9.17, 15) is 4.79 Å². The molecule has 2 aliphatic rings. The van der Waals surface area contributed by atoms with Crippen LogP contribution in [0.2, 0.25) is 0 Å². The van der Waals surface area contributed by atoms with Crippen molar-refractivity contribution in [2.75, 3.05) is 48.5 Å². The normalized spacial score (nSPS) is 15.2. The summed E-state index contributed by atoms with van der Waals surface area (Å²) in [5.41, 5.74) is 4.32. The minimum atomic E-state index is -0.104. The Morgan fingerprint density at radius 3 is 2.46 bits per heavy atom. The molecule has 0 spiro atoms. The Balaban J connectivity index is 1.20. The van der Waals surface area contributed by atoms with Gasteiger partial charge in [0.15, 0.2) is 28.5 Å². The first kappa shape index (κ1) is 24.9. The Morgan fingerprint density at radius 1 is 0.974 bits per heavy atom. The minimum Gasteiger partial charge on any atom is -0.454 e. The SMILES string of the molecule is CC(=O)Nc1ccc(Nc2nc(N3CCN(Cc4ccc5c(c4)OCO5)CC3)nc3c2ncn3C(C)C)cc1. The molecule has 0 bridgehead atoms. The molecule has 1 amide bonds. The lowest BCUT2D eigenvalue weighted by atomic mass is 10.1. The van der Waals surface area contributed by atoms with E-state index in [1.807, 2.05) is 36.7 Å². The molecule has 0 saturated carbocycles. The number of benzene rings is 2. The zero-order valence-corrected chi connectivity index (χ0v) is 22.3. The molecular formula is C28H32N8O3. The van der Waals surface area contributed by atoms with Gasteiger partial charge in [0, 0.05) is 57.1 Å². The zero-order chi connectivity index (χ0) is 26.9. The molecule has 0 atom stereocenters. The first-order valence-corrected chi connectivity index (χ1v) is 13.2. The van der Waals surface area contributed by atoms with Crippen LogP contribution < -0.4 is 25.0 Å². The van der Waals surface area contributed by atoms with Crippen molar-refractivity contribution in [2.45, 2.75) is 33.4 Å². The highest BCUT2D eigenvalue weighted by Crippen LogP contribution is 2.33. The maximum atomic E-state index is 11.4. The number of nitrogens with one attached hydrogen (secondary N) is 2. The molecule has 4 heterocycles. The molecule has 2 aromatic carbocycles. The number of nitrogens with zero attached hydrogens (tertiary/aromatic N) is 6. The summed E-state index contributed by atoms with van der Waals surface area (Å²) in [7, 11) is 0. The lowest BCUT2D eigenvalue weighted by molar-refractivity contribution is -0.114. The van der Waals surface area contributed by atoms with Gasteiger partial charge in [0.25, 0.3) is 0 Å². The van der Waals surface area contributed by atoms with E-state index < -0.39 is 0 Å². The number of carbonyl (C=O) groups excluding carboxylic acids is 1. The highest BCUT2D eigenvalue weighted by atomic mass is 16.7. The number of piperazine rings is 1. The fraction of sp³-hybridized carbons (Fsp3) is 0.357. The Hall–Kier alpha value is -4.38. The number of imidazole rings is 1. The van der Waals surface area contributed by atoms with Gasteiger partial charge in [-0.2, -0.15) is 9.97 Å². The number of hydrogen-bond acceptors (Lipinski definition) is 9. The largest absolute Gasteiger partial charge is 0.454 e. The van der Waals surface area contributed by atoms with E-state index >= 15 is 0 Å². The summed E-state index contributed by atoms with van der Waals surface area (Å²) < 4.78 is 13.0. The Morgan fingerprint density at radius 2 is 1.72 bits per heavy atom. The van der Waals surface area contributed by atoms with Gasteiger partial charge in [-0.25, -0.2) is 4.98 Å². The van der Waals surface area contributed by atoms with Gasteiger partial charge >= 0.3 is 0 Å². The van der Waals surface area contributed by atoms with E-state index in [1.54, 1.807) is 0 Å². The third kappa shape index (κ3) is 5.30. The second-order valence-corrected chi connectivity index (χ2v) is 10.1. The quantitative estimate of drug-likeness (QED) is 0.365. The van der Waals surface area contributed by atoms with Crippen molar-refractivity contribution in [1.82, 2.24) is 24.4 Å². The number of ether oxygens (including phenoxy) is 2. The second kappa shape index (κ2) is 10.4. The molecule has 1 fully saturated rings. The third-order valence-corrected chi connectivity index (χ3v) is 6.93. The molecule has 11 nitrogen and oxygen atoms in total. The van der Waals surface area contributed by atoms with Crippen LogP contribution in [0.25, 0.3) is 11.2 Å². The molecule has 2 aromatic heterocycles. The van der Waals surface area contributed by atoms with Gasteiger partial charge in [-0.15, -0.1) is 0 Å². The summed E-state index contributed by atoms with van der Waals surface area (Å²) in [6.45, 7) is 10.3. The number of anilines is 4. The van der Waals surface area contributed by atoms with Crippen LogP contribution in [0.3, 0.4) is 0 Å². The monoisotopic (exact) mass is 528 g/mol. The van der Waals surface area contributed by atoms with Gasteiger partial charge in [-0.3, -0.25) is 9.69 Å². The number of aromatic nitrogens is 4. The highest BCUT2D eigenvalue weighted by molar-refractivity contribution is 5.89. The summed E-state index contributed by atoms with van der Waals surface area (Å²) in [4.78, 5) is 30.5. The van der Waals surface area contributed by atoms with Crippen LogP contribution >= 0.6 is 0 Å². The van der Waals surface area contributed by atoms with Gasteiger partial charge in [0.05, 0.1) is 6.33 Å². The molecule has 0 aliphatic carbocycles. The number of amides is 1. The first-order chi connectivity index (χ1) is 18.9. The number of hydrogen-bond donors (Lipinski definition) is 2. The summed E-state index contributed by atoms with van der Waals surface area (Å²) in [5, 5.41) is 6.21. The van der Waals surface area contributed by atoms with Crippen LogP contribution in [-0.2, 0) is 11.3 Å². The molecule has 202 valence electrons. The molecular weight excluding hydrogens is 496 g/mol. The van der Waals surface area contributed by atoms with Gasteiger partial charge in [0.1, 0.15) is 0 Å². The molecule has 4 aromatic rings. The predicted molar refractivity (Wildman–Crippen MR) is 150 cm³/mol. The molecule has 6 rings (SSSR count). The summed E-state index contributed by atoms with van der Waals surface area (Å²) in [6.07, 6.45) is 1.82. The van der Waals surface area contributed by atoms with E-state index in [-0.39, 0.29) is 18.7 Å². The van der Waals surface area contributed by atoms with Gasteiger partial charge in [0.2, 0.25) is 18.6 Å². The maximum Gasteiger partial charge on any atom is 0.231 e. The van der Waals surface area contributed by atoms with Crippen LogP contribution in [0.1, 0.15) is 32.4 Å². The highest BCUT2D eigenvalue weighted by Gasteiger charge is 2.23. The summed E-state index contributed by atoms with van der Waals surface area (Å²) in [5.74, 6) is 2.87. The van der Waals surface area contributed by atoms with E-state index in [0.717, 1.165) is 66.8 Å². The fourth-order valence-electron chi connectivity index (χ4n) is 4.89. The zero-order valence-electron chi connectivity index (χ0n) is 22.3. The van der Waals surface area contributed by atoms with Crippen molar-refractivity contribution in [3.05, 3.63) is 54.4 Å². The van der Waals surface area contributed by atoms with Crippen molar-refractivity contribution in [1.29, 1.82) is 0 Å². The molecule has 2 N–H and O–H groups in total. The Kier molecular flexibility index (Phi) is 6.65. The van der Waals surface area contributed by atoms with Crippen LogP contribution in [0.15, 0.2) is 48.8 Å². The smallest absolute Gasteiger partial charge is 0.231 e. The number of carbonyl (C=O) groups is 1. The lowest BCUT2D eigenvalue weighted by Gasteiger charge is -2.35. The van der Waals surface area contributed by atoms with Crippen LogP contribution in [0.4, 0.5) is 23.1 Å². The van der Waals surface area contributed by atoms with E-state index in [1.165, 1.54) is 12.5 Å². The van der Waals surface area contributed by atoms with Gasteiger partial charge in [-0.1, -0.05) is 6.07 Å². The Bertz CT molecular complexity index is 1490. The van der Waals surface area contributed by atoms with Gasteiger partial charge < -0.3 is 29.6 Å². The molecule has 2 aliphatic heterocycles. The molecule has 11 heteroatoms. The fourth-order valence-corrected chi connectivity index (χ4v) is 4.89. The average molecular weight is 529 g/mol. The third-order valence-electron chi connectivity index (χ3n) is 6.93. The van der Waals surface area contributed by atoms with Crippen molar-refractivity contribution >= 4 is 40.2 Å². The van der Waals surface area contributed by atoms with Gasteiger partial charge in [-0.05, 0) is 55.8 Å². The molecule has 0 radical (unpaired) electrons. The van der Waals surface area contributed by atoms with E-state index in [4.69, 9.17) is 19.4 Å². The van der Waals surface area contributed by atoms with Crippen LogP contribution in [0.5, 0.6) is 11.5 Å². The maximum absolute atomic E-state index is 11.4. The van der Waals surface area contributed by atoms with E-state index in [2.05, 4.69) is 56.0 Å². The number of rotatable bonds is 7. The molecule has 0 unspecified atom stereocenters. The summed E-state index contributed by atoms with van der Waals surface area (Å²) in [6, 6.07) is 13.9. The summed E-state index contributed by atoms with van der Waals surface area (Å²) >= 11 is 0. The van der Waals surface area contributed by atoms with Crippen LogP contribution in [0, 0.1) is 0 Å². The molecule has 39 heavy (non-hydrogen) atoms. The molecule has 1 saturated heterocycles. The number of fused-ring (bicyclic) bond motifs is 2. The predicted octanol–water partition coefficient (Wildman–Crippen LogP) is 4.16. The standard InChI is InChI=1S/C28H32N8O3/c1-18(2)36-16-29-25-26(31-22-7-5-21(6-8-22)30-19(3)37)32-28(33-27(25)36)35-12-10-34(11-13-35)15-20-4-9-23-24(14-20)39-17-38-23/h4-9,14,16,18H,10-13,15,17H2,1-3H3,(H,30,37)(H,31,32,33). The van der Waals surface area contributed by atoms with Crippen molar-refractivity contribution in [3.63, 3.8) is 0 Å². The first-order valence-electron chi connectivity index (χ1n) is 13.2. The topological polar surface area (TPSA) is 110 Å².